The summed E-state index contributed by atoms with van der Waals surface area (Å²) in [5, 5.41) is 4.56. The lowest BCUT2D eigenvalue weighted by atomic mass is 10.2. The molecule has 1 aromatic carbocycles. The standard InChI is InChI=1S/C11H11ClFN3/c12-8-7-15-16(10(8)5-6-14)11-4-2-1-3-9(11)13/h1-4,7H,5-6,14H2. The van der Waals surface area contributed by atoms with Crippen molar-refractivity contribution in [2.45, 2.75) is 6.42 Å². The van der Waals surface area contributed by atoms with Gasteiger partial charge in [0.1, 0.15) is 11.5 Å². The Hall–Kier alpha value is -1.39. The summed E-state index contributed by atoms with van der Waals surface area (Å²) in [4.78, 5) is 0. The molecule has 0 atom stereocenters. The Balaban J connectivity index is 2.52. The number of nitrogens with two attached hydrogens (primary N) is 1. The van der Waals surface area contributed by atoms with Crippen LogP contribution in [0.15, 0.2) is 30.5 Å². The molecule has 2 rings (SSSR count). The summed E-state index contributed by atoms with van der Waals surface area (Å²) in [5.41, 5.74) is 6.60. The quantitative estimate of drug-likeness (QED) is 0.892. The minimum absolute atomic E-state index is 0.333. The molecule has 0 unspecified atom stereocenters. The first-order chi connectivity index (χ1) is 7.74. The number of benzene rings is 1. The van der Waals surface area contributed by atoms with E-state index >= 15 is 0 Å². The van der Waals surface area contributed by atoms with Gasteiger partial charge in [-0.3, -0.25) is 0 Å². The molecule has 0 fully saturated rings. The van der Waals surface area contributed by atoms with E-state index in [1.165, 1.54) is 16.9 Å². The molecule has 0 aliphatic carbocycles. The summed E-state index contributed by atoms with van der Waals surface area (Å²) in [5.74, 6) is -0.333. The Labute approximate surface area is 97.6 Å². The van der Waals surface area contributed by atoms with E-state index in [1.807, 2.05) is 0 Å². The van der Waals surface area contributed by atoms with Crippen LogP contribution in [0.2, 0.25) is 5.02 Å². The SMILES string of the molecule is NCCc1c(Cl)cnn1-c1ccccc1F. The Bertz CT molecular complexity index is 496. The van der Waals surface area contributed by atoms with E-state index in [9.17, 15) is 4.39 Å². The fourth-order valence-corrected chi connectivity index (χ4v) is 1.77. The Morgan fingerprint density at radius 1 is 1.38 bits per heavy atom. The second-order valence-corrected chi connectivity index (χ2v) is 3.75. The molecule has 0 bridgehead atoms. The van der Waals surface area contributed by atoms with Crippen LogP contribution < -0.4 is 5.73 Å². The van der Waals surface area contributed by atoms with E-state index in [0.29, 0.717) is 23.7 Å². The largest absolute Gasteiger partial charge is 0.330 e. The number of halogens is 2. The van der Waals surface area contributed by atoms with Crippen molar-refractivity contribution in [3.63, 3.8) is 0 Å². The fraction of sp³-hybridized carbons (Fsp3) is 0.182. The minimum Gasteiger partial charge on any atom is -0.330 e. The zero-order valence-corrected chi connectivity index (χ0v) is 9.28. The molecule has 0 amide bonds. The highest BCUT2D eigenvalue weighted by atomic mass is 35.5. The second kappa shape index (κ2) is 4.63. The third kappa shape index (κ3) is 1.94. The topological polar surface area (TPSA) is 43.8 Å². The average molecular weight is 240 g/mol. The molecule has 16 heavy (non-hydrogen) atoms. The predicted molar refractivity (Wildman–Crippen MR) is 61.3 cm³/mol. The molecule has 3 nitrogen and oxygen atoms in total. The minimum atomic E-state index is -0.333. The van der Waals surface area contributed by atoms with Crippen molar-refractivity contribution in [1.29, 1.82) is 0 Å². The molecule has 0 radical (unpaired) electrons. The van der Waals surface area contributed by atoms with E-state index < -0.39 is 0 Å². The van der Waals surface area contributed by atoms with Crippen molar-refractivity contribution in [3.05, 3.63) is 47.0 Å². The number of aromatic nitrogens is 2. The third-order valence-electron chi connectivity index (χ3n) is 2.28. The molecular weight excluding hydrogens is 229 g/mol. The van der Waals surface area contributed by atoms with Crippen molar-refractivity contribution in [3.8, 4) is 5.69 Å². The summed E-state index contributed by atoms with van der Waals surface area (Å²) in [7, 11) is 0. The maximum absolute atomic E-state index is 13.6. The lowest BCUT2D eigenvalue weighted by Gasteiger charge is -2.07. The zero-order valence-electron chi connectivity index (χ0n) is 8.53. The van der Waals surface area contributed by atoms with Gasteiger partial charge < -0.3 is 5.73 Å². The number of nitrogens with zero attached hydrogens (tertiary/aromatic N) is 2. The summed E-state index contributed by atoms with van der Waals surface area (Å²) >= 11 is 5.96. The van der Waals surface area contributed by atoms with Gasteiger partial charge in [0.05, 0.1) is 16.9 Å². The van der Waals surface area contributed by atoms with E-state index in [2.05, 4.69) is 5.10 Å². The van der Waals surface area contributed by atoms with Crippen LogP contribution in [0.4, 0.5) is 4.39 Å². The van der Waals surface area contributed by atoms with Crippen LogP contribution in [0.1, 0.15) is 5.69 Å². The van der Waals surface area contributed by atoms with Gasteiger partial charge >= 0.3 is 0 Å². The van der Waals surface area contributed by atoms with Crippen LogP contribution in [-0.2, 0) is 6.42 Å². The average Bonchev–Trinajstić information content (AvgIpc) is 2.62. The van der Waals surface area contributed by atoms with E-state index in [0.717, 1.165) is 5.69 Å². The van der Waals surface area contributed by atoms with Gasteiger partial charge in [0.2, 0.25) is 0 Å². The van der Waals surface area contributed by atoms with Crippen molar-refractivity contribution >= 4 is 11.6 Å². The van der Waals surface area contributed by atoms with E-state index in [-0.39, 0.29) is 5.82 Å². The van der Waals surface area contributed by atoms with Gasteiger partial charge in [-0.05, 0) is 18.7 Å². The molecule has 0 aliphatic heterocycles. The first-order valence-electron chi connectivity index (χ1n) is 4.91. The van der Waals surface area contributed by atoms with Crippen LogP contribution in [0.5, 0.6) is 0 Å². The lowest BCUT2D eigenvalue weighted by Crippen LogP contribution is -2.10. The second-order valence-electron chi connectivity index (χ2n) is 3.34. The monoisotopic (exact) mass is 239 g/mol. The van der Waals surface area contributed by atoms with Crippen molar-refractivity contribution in [1.82, 2.24) is 9.78 Å². The summed E-state index contributed by atoms with van der Waals surface area (Å²) in [6, 6.07) is 6.42. The number of hydrogen-bond donors (Lipinski definition) is 1. The molecular formula is C11H11ClFN3. The Kier molecular flexibility index (Phi) is 3.22. The normalized spacial score (nSPS) is 10.7. The predicted octanol–water partition coefficient (Wildman–Crippen LogP) is 2.17. The van der Waals surface area contributed by atoms with Gasteiger partial charge in [0.25, 0.3) is 0 Å². The van der Waals surface area contributed by atoms with Crippen molar-refractivity contribution in [2.75, 3.05) is 6.54 Å². The molecule has 0 spiro atoms. The van der Waals surface area contributed by atoms with Gasteiger partial charge in [0.15, 0.2) is 0 Å². The molecule has 0 saturated heterocycles. The lowest BCUT2D eigenvalue weighted by molar-refractivity contribution is 0.606. The van der Waals surface area contributed by atoms with Gasteiger partial charge in [-0.15, -0.1) is 0 Å². The van der Waals surface area contributed by atoms with Crippen molar-refractivity contribution in [2.24, 2.45) is 5.73 Å². The number of rotatable bonds is 3. The molecule has 0 aliphatic rings. The molecule has 0 saturated carbocycles. The first-order valence-corrected chi connectivity index (χ1v) is 5.29. The fourth-order valence-electron chi connectivity index (χ4n) is 1.55. The Morgan fingerprint density at radius 2 is 2.12 bits per heavy atom. The summed E-state index contributed by atoms with van der Waals surface area (Å²) in [6.07, 6.45) is 2.06. The molecule has 1 heterocycles. The maximum atomic E-state index is 13.6. The molecule has 2 aromatic rings. The van der Waals surface area contributed by atoms with Crippen LogP contribution in [0.25, 0.3) is 5.69 Å². The van der Waals surface area contributed by atoms with Crippen molar-refractivity contribution < 1.29 is 4.39 Å². The highest BCUT2D eigenvalue weighted by Crippen LogP contribution is 2.21. The van der Waals surface area contributed by atoms with Gasteiger partial charge in [-0.25, -0.2) is 9.07 Å². The molecule has 2 N–H and O–H groups in total. The molecule has 1 aromatic heterocycles. The maximum Gasteiger partial charge on any atom is 0.148 e. The van der Waals surface area contributed by atoms with Crippen LogP contribution in [0.3, 0.4) is 0 Å². The summed E-state index contributed by atoms with van der Waals surface area (Å²) < 4.78 is 15.1. The van der Waals surface area contributed by atoms with Crippen LogP contribution in [-0.4, -0.2) is 16.3 Å². The van der Waals surface area contributed by atoms with Gasteiger partial charge in [-0.2, -0.15) is 5.10 Å². The number of hydrogen-bond acceptors (Lipinski definition) is 2. The van der Waals surface area contributed by atoms with E-state index in [1.54, 1.807) is 18.2 Å². The summed E-state index contributed by atoms with van der Waals surface area (Å²) in [6.45, 7) is 0.444. The van der Waals surface area contributed by atoms with Gasteiger partial charge in [-0.1, -0.05) is 23.7 Å². The van der Waals surface area contributed by atoms with Gasteiger partial charge in [0, 0.05) is 6.42 Å². The highest BCUT2D eigenvalue weighted by Gasteiger charge is 2.12. The molecule has 5 heteroatoms. The highest BCUT2D eigenvalue weighted by molar-refractivity contribution is 6.31. The number of para-hydroxylation sites is 1. The smallest absolute Gasteiger partial charge is 0.148 e. The Morgan fingerprint density at radius 3 is 2.81 bits per heavy atom. The van der Waals surface area contributed by atoms with E-state index in [4.69, 9.17) is 17.3 Å². The third-order valence-corrected chi connectivity index (χ3v) is 2.60. The van der Waals surface area contributed by atoms with Crippen LogP contribution >= 0.6 is 11.6 Å². The van der Waals surface area contributed by atoms with Crippen LogP contribution in [0, 0.1) is 5.82 Å². The first kappa shape index (κ1) is 11.1. The molecule has 84 valence electrons. The zero-order chi connectivity index (χ0) is 11.5.